The molecule has 20 heavy (non-hydrogen) atoms. The highest BCUT2D eigenvalue weighted by Crippen LogP contribution is 2.11. The van der Waals surface area contributed by atoms with Crippen LogP contribution < -0.4 is 4.72 Å². The third-order valence-corrected chi connectivity index (χ3v) is 4.16. The Kier molecular flexibility index (Phi) is 6.63. The molecular formula is C13H19NO5S. The summed E-state index contributed by atoms with van der Waals surface area (Å²) in [4.78, 5) is 10.6. The van der Waals surface area contributed by atoms with Crippen LogP contribution in [-0.2, 0) is 26.0 Å². The van der Waals surface area contributed by atoms with Crippen LogP contribution in [0.3, 0.4) is 0 Å². The van der Waals surface area contributed by atoms with Gasteiger partial charge < -0.3 is 9.84 Å². The summed E-state index contributed by atoms with van der Waals surface area (Å²) in [6, 6.07) is 6.23. The van der Waals surface area contributed by atoms with Crippen molar-refractivity contribution in [3.63, 3.8) is 0 Å². The van der Waals surface area contributed by atoms with E-state index in [4.69, 9.17) is 9.84 Å². The maximum atomic E-state index is 11.9. The highest BCUT2D eigenvalue weighted by Gasteiger charge is 2.12. The van der Waals surface area contributed by atoms with Crippen molar-refractivity contribution in [3.8, 4) is 0 Å². The molecule has 112 valence electrons. The molecule has 7 heteroatoms. The molecule has 1 aromatic carbocycles. The van der Waals surface area contributed by atoms with Crippen LogP contribution in [0.4, 0.5) is 0 Å². The second-order valence-corrected chi connectivity index (χ2v) is 6.05. The standard InChI is InChI=1S/C13H19NO5S/c1-19-10-2-9-14-20(17,18)12-6-3-11(4-7-12)5-8-13(15)16/h3-4,6-7,14H,2,5,8-10H2,1H3,(H,15,16). The van der Waals surface area contributed by atoms with Gasteiger partial charge in [-0.05, 0) is 30.5 Å². The van der Waals surface area contributed by atoms with Gasteiger partial charge in [0, 0.05) is 26.7 Å². The molecule has 0 heterocycles. The Balaban J connectivity index is 2.60. The zero-order chi connectivity index (χ0) is 15.0. The third-order valence-electron chi connectivity index (χ3n) is 2.68. The van der Waals surface area contributed by atoms with Gasteiger partial charge in [-0.25, -0.2) is 13.1 Å². The number of aliphatic carboxylic acids is 1. The van der Waals surface area contributed by atoms with Crippen LogP contribution in [0.1, 0.15) is 18.4 Å². The van der Waals surface area contributed by atoms with Crippen molar-refractivity contribution in [1.82, 2.24) is 4.72 Å². The summed E-state index contributed by atoms with van der Waals surface area (Å²) in [5, 5.41) is 8.58. The molecule has 0 radical (unpaired) electrons. The first-order valence-corrected chi connectivity index (χ1v) is 7.73. The number of rotatable bonds is 9. The highest BCUT2D eigenvalue weighted by molar-refractivity contribution is 7.89. The minimum atomic E-state index is -3.51. The van der Waals surface area contributed by atoms with E-state index in [0.717, 1.165) is 5.56 Å². The lowest BCUT2D eigenvalue weighted by atomic mass is 10.1. The van der Waals surface area contributed by atoms with Crippen molar-refractivity contribution in [2.24, 2.45) is 0 Å². The summed E-state index contributed by atoms with van der Waals surface area (Å²) >= 11 is 0. The monoisotopic (exact) mass is 301 g/mol. The van der Waals surface area contributed by atoms with Gasteiger partial charge >= 0.3 is 5.97 Å². The van der Waals surface area contributed by atoms with Crippen LogP contribution in [0.5, 0.6) is 0 Å². The second-order valence-electron chi connectivity index (χ2n) is 4.28. The van der Waals surface area contributed by atoms with E-state index in [1.165, 1.54) is 12.1 Å². The lowest BCUT2D eigenvalue weighted by molar-refractivity contribution is -0.136. The quantitative estimate of drug-likeness (QED) is 0.664. The van der Waals surface area contributed by atoms with Crippen molar-refractivity contribution in [3.05, 3.63) is 29.8 Å². The van der Waals surface area contributed by atoms with E-state index in [9.17, 15) is 13.2 Å². The molecule has 0 unspecified atom stereocenters. The minimum Gasteiger partial charge on any atom is -0.481 e. The van der Waals surface area contributed by atoms with Gasteiger partial charge in [-0.3, -0.25) is 4.79 Å². The first-order valence-electron chi connectivity index (χ1n) is 6.25. The van der Waals surface area contributed by atoms with Gasteiger partial charge in [0.15, 0.2) is 0 Å². The minimum absolute atomic E-state index is 0.0291. The van der Waals surface area contributed by atoms with Gasteiger partial charge in [0.1, 0.15) is 0 Å². The molecule has 0 spiro atoms. The van der Waals surface area contributed by atoms with E-state index in [0.29, 0.717) is 26.0 Å². The average molecular weight is 301 g/mol. The molecule has 1 rings (SSSR count). The van der Waals surface area contributed by atoms with E-state index >= 15 is 0 Å². The van der Waals surface area contributed by atoms with E-state index in [-0.39, 0.29) is 11.3 Å². The van der Waals surface area contributed by atoms with Gasteiger partial charge in [0.2, 0.25) is 10.0 Å². The number of benzene rings is 1. The maximum Gasteiger partial charge on any atom is 0.303 e. The third kappa shape index (κ3) is 5.68. The van der Waals surface area contributed by atoms with E-state index < -0.39 is 16.0 Å². The van der Waals surface area contributed by atoms with Crippen molar-refractivity contribution in [1.29, 1.82) is 0 Å². The zero-order valence-corrected chi connectivity index (χ0v) is 12.1. The molecule has 0 saturated heterocycles. The van der Waals surface area contributed by atoms with Crippen LogP contribution in [0, 0.1) is 0 Å². The van der Waals surface area contributed by atoms with Gasteiger partial charge in [0.05, 0.1) is 4.90 Å². The van der Waals surface area contributed by atoms with Gasteiger partial charge in [-0.15, -0.1) is 0 Å². The Bertz CT molecular complexity index is 524. The molecule has 0 saturated carbocycles. The van der Waals surface area contributed by atoms with Gasteiger partial charge in [-0.1, -0.05) is 12.1 Å². The maximum absolute atomic E-state index is 11.9. The molecule has 2 N–H and O–H groups in total. The lowest BCUT2D eigenvalue weighted by Gasteiger charge is -2.07. The molecule has 0 aromatic heterocycles. The Morgan fingerprint density at radius 2 is 1.95 bits per heavy atom. The number of ether oxygens (including phenoxy) is 1. The first-order chi connectivity index (χ1) is 9.45. The number of carboxylic acid groups (broad SMARTS) is 1. The van der Waals surface area contributed by atoms with E-state index in [2.05, 4.69) is 4.72 Å². The van der Waals surface area contributed by atoms with Crippen molar-refractivity contribution in [2.45, 2.75) is 24.2 Å². The zero-order valence-electron chi connectivity index (χ0n) is 11.3. The Hall–Kier alpha value is -1.44. The number of carboxylic acids is 1. The molecule has 0 aliphatic heterocycles. The summed E-state index contributed by atoms with van der Waals surface area (Å²) in [5.74, 6) is -0.874. The summed E-state index contributed by atoms with van der Waals surface area (Å²) in [5.41, 5.74) is 0.797. The number of sulfonamides is 1. The number of carbonyl (C=O) groups is 1. The van der Waals surface area contributed by atoms with Crippen LogP contribution in [0.25, 0.3) is 0 Å². The number of hydrogen-bond acceptors (Lipinski definition) is 4. The number of aryl methyl sites for hydroxylation is 1. The highest BCUT2D eigenvalue weighted by atomic mass is 32.2. The number of methoxy groups -OCH3 is 1. The Morgan fingerprint density at radius 1 is 1.30 bits per heavy atom. The molecule has 1 aromatic rings. The molecule has 0 bridgehead atoms. The summed E-state index contributed by atoms with van der Waals surface area (Å²) in [6.07, 6.45) is 1.02. The Morgan fingerprint density at radius 3 is 2.50 bits per heavy atom. The topological polar surface area (TPSA) is 92.7 Å². The van der Waals surface area contributed by atoms with Gasteiger partial charge in [0.25, 0.3) is 0 Å². The lowest BCUT2D eigenvalue weighted by Crippen LogP contribution is -2.25. The summed E-state index contributed by atoms with van der Waals surface area (Å²) in [6.45, 7) is 0.813. The first kappa shape index (κ1) is 16.6. The second kappa shape index (κ2) is 7.98. The normalized spacial score (nSPS) is 11.4. The van der Waals surface area contributed by atoms with E-state index in [1.807, 2.05) is 0 Å². The number of nitrogens with one attached hydrogen (secondary N) is 1. The number of hydrogen-bond donors (Lipinski definition) is 2. The van der Waals surface area contributed by atoms with Crippen LogP contribution in [0.2, 0.25) is 0 Å². The van der Waals surface area contributed by atoms with Crippen LogP contribution in [-0.4, -0.2) is 39.8 Å². The fourth-order valence-electron chi connectivity index (χ4n) is 1.59. The largest absolute Gasteiger partial charge is 0.481 e. The smallest absolute Gasteiger partial charge is 0.303 e. The molecule has 0 aliphatic carbocycles. The predicted octanol–water partition coefficient (Wildman–Crippen LogP) is 1.02. The molecule has 0 atom stereocenters. The van der Waals surface area contributed by atoms with Gasteiger partial charge in [-0.2, -0.15) is 0 Å². The van der Waals surface area contributed by atoms with Crippen molar-refractivity contribution < 1.29 is 23.1 Å². The van der Waals surface area contributed by atoms with Crippen molar-refractivity contribution in [2.75, 3.05) is 20.3 Å². The van der Waals surface area contributed by atoms with Crippen LogP contribution in [0.15, 0.2) is 29.2 Å². The summed E-state index contributed by atoms with van der Waals surface area (Å²) < 4.78 is 31.2. The Labute approximate surface area is 118 Å². The van der Waals surface area contributed by atoms with E-state index in [1.54, 1.807) is 19.2 Å². The predicted molar refractivity (Wildman–Crippen MR) is 74.1 cm³/mol. The molecule has 6 nitrogen and oxygen atoms in total. The fraction of sp³-hybridized carbons (Fsp3) is 0.462. The SMILES string of the molecule is COCCCNS(=O)(=O)c1ccc(CCC(=O)O)cc1. The molecular weight excluding hydrogens is 282 g/mol. The summed E-state index contributed by atoms with van der Waals surface area (Å²) in [7, 11) is -1.95. The molecule has 0 aliphatic rings. The average Bonchev–Trinajstić information content (AvgIpc) is 2.42. The van der Waals surface area contributed by atoms with Crippen molar-refractivity contribution >= 4 is 16.0 Å². The molecule has 0 amide bonds. The van der Waals surface area contributed by atoms with Crippen LogP contribution >= 0.6 is 0 Å². The fourth-order valence-corrected chi connectivity index (χ4v) is 2.67. The molecule has 0 fully saturated rings.